The van der Waals surface area contributed by atoms with E-state index in [2.05, 4.69) is 0 Å². The molecule has 0 aromatic carbocycles. The highest BCUT2D eigenvalue weighted by atomic mass is 32.2. The highest BCUT2D eigenvalue weighted by Crippen LogP contribution is 2.35. The van der Waals surface area contributed by atoms with Crippen LogP contribution in [0.5, 0.6) is 0 Å². The van der Waals surface area contributed by atoms with Gasteiger partial charge in [-0.15, -0.1) is 0 Å². The van der Waals surface area contributed by atoms with Crippen molar-refractivity contribution in [2.45, 2.75) is 30.9 Å². The van der Waals surface area contributed by atoms with Crippen molar-refractivity contribution < 1.29 is 28.0 Å². The van der Waals surface area contributed by atoms with Gasteiger partial charge in [0.05, 0.1) is 4.92 Å². The molecule has 1 atom stereocenters. The van der Waals surface area contributed by atoms with E-state index in [1.807, 2.05) is 0 Å². The number of carboxylic acid groups (broad SMARTS) is 1. The molecule has 0 spiro atoms. The molecule has 0 aromatic heterocycles. The van der Waals surface area contributed by atoms with Gasteiger partial charge in [0.1, 0.15) is 5.57 Å². The molecule has 0 saturated heterocycles. The van der Waals surface area contributed by atoms with E-state index in [4.69, 9.17) is 5.11 Å². The number of carbonyl (C=O) groups excluding carboxylic acids is 1. The summed E-state index contributed by atoms with van der Waals surface area (Å²) in [6, 6.07) is 0. The van der Waals surface area contributed by atoms with Gasteiger partial charge in [0, 0.05) is 6.26 Å². The Bertz CT molecular complexity index is 786. The van der Waals surface area contributed by atoms with Gasteiger partial charge in [0.25, 0.3) is 5.78 Å². The molecule has 0 heterocycles. The fourth-order valence-corrected chi connectivity index (χ4v) is 4.02. The molecule has 0 fully saturated rings. The minimum Gasteiger partial charge on any atom is -0.477 e. The van der Waals surface area contributed by atoms with Crippen molar-refractivity contribution in [2.24, 2.45) is 0 Å². The summed E-state index contributed by atoms with van der Waals surface area (Å²) in [4.78, 5) is 33.6. The summed E-state index contributed by atoms with van der Waals surface area (Å²) < 4.78 is 24.0. The molecule has 0 radical (unpaired) electrons. The molecular formula is C14H15NO7S. The molecule has 2 aliphatic carbocycles. The van der Waals surface area contributed by atoms with Crippen molar-refractivity contribution in [2.75, 3.05) is 6.26 Å². The Hall–Kier alpha value is -2.29. The molecule has 1 unspecified atom stereocenters. The van der Waals surface area contributed by atoms with Crippen molar-refractivity contribution in [3.8, 4) is 0 Å². The third kappa shape index (κ3) is 3.24. The lowest BCUT2D eigenvalue weighted by molar-refractivity contribution is -0.419. The van der Waals surface area contributed by atoms with Crippen molar-refractivity contribution in [3.05, 3.63) is 44.7 Å². The first-order chi connectivity index (χ1) is 10.6. The zero-order chi connectivity index (χ0) is 17.4. The van der Waals surface area contributed by atoms with E-state index in [9.17, 15) is 28.1 Å². The Balaban J connectivity index is 2.74. The predicted octanol–water partition coefficient (Wildman–Crippen LogP) is 1.02. The molecule has 0 amide bonds. The number of sulfone groups is 1. The Morgan fingerprint density at radius 2 is 2.04 bits per heavy atom. The number of rotatable bonds is 4. The van der Waals surface area contributed by atoms with Crippen LogP contribution in [0.1, 0.15) is 25.7 Å². The molecule has 1 N–H and O–H groups in total. The zero-order valence-corrected chi connectivity index (χ0v) is 13.1. The van der Waals surface area contributed by atoms with Crippen LogP contribution in [0.15, 0.2) is 34.6 Å². The van der Waals surface area contributed by atoms with Gasteiger partial charge in [0.2, 0.25) is 0 Å². The second kappa shape index (κ2) is 6.07. The normalized spacial score (nSPS) is 22.5. The summed E-state index contributed by atoms with van der Waals surface area (Å²) in [5.74, 6) is -2.93. The summed E-state index contributed by atoms with van der Waals surface area (Å²) >= 11 is 0. The number of carboxylic acids is 1. The minimum atomic E-state index is -3.98. The first kappa shape index (κ1) is 17.1. The fraction of sp³-hybridized carbons (Fsp3) is 0.429. The SMILES string of the molecule is CS(=O)(=O)C1C(=O)C([N+](=O)[O-])=C(C(=O)O)C=C1C1=CCCCC1. The van der Waals surface area contributed by atoms with Crippen LogP contribution in [0, 0.1) is 10.1 Å². The maximum Gasteiger partial charge on any atom is 0.342 e. The van der Waals surface area contributed by atoms with Gasteiger partial charge in [-0.05, 0) is 42.9 Å². The molecule has 23 heavy (non-hydrogen) atoms. The molecule has 8 nitrogen and oxygen atoms in total. The molecule has 2 aliphatic rings. The first-order valence-corrected chi connectivity index (χ1v) is 8.86. The predicted molar refractivity (Wildman–Crippen MR) is 79.9 cm³/mol. The number of hydrogen-bond acceptors (Lipinski definition) is 6. The number of hydrogen-bond donors (Lipinski definition) is 1. The number of ketones is 1. The van der Waals surface area contributed by atoms with E-state index in [0.717, 1.165) is 25.2 Å². The van der Waals surface area contributed by atoms with Crippen LogP contribution in [0.3, 0.4) is 0 Å². The number of Topliss-reactive ketones (excluding diaryl/α,β-unsaturated/α-hetero) is 1. The smallest absolute Gasteiger partial charge is 0.342 e. The molecular weight excluding hydrogens is 326 g/mol. The monoisotopic (exact) mass is 341 g/mol. The molecule has 0 bridgehead atoms. The van der Waals surface area contributed by atoms with Gasteiger partial charge in [-0.3, -0.25) is 14.9 Å². The summed E-state index contributed by atoms with van der Waals surface area (Å²) in [7, 11) is -3.98. The highest BCUT2D eigenvalue weighted by molar-refractivity contribution is 7.92. The van der Waals surface area contributed by atoms with Crippen molar-refractivity contribution in [1.82, 2.24) is 0 Å². The van der Waals surface area contributed by atoms with Crippen LogP contribution < -0.4 is 0 Å². The second-order valence-electron chi connectivity index (χ2n) is 5.47. The largest absolute Gasteiger partial charge is 0.477 e. The lowest BCUT2D eigenvalue weighted by atomic mass is 9.85. The number of allylic oxidation sites excluding steroid dienone is 3. The van der Waals surface area contributed by atoms with Crippen LogP contribution in [0.4, 0.5) is 0 Å². The number of nitrogens with zero attached hydrogens (tertiary/aromatic N) is 1. The van der Waals surface area contributed by atoms with Crippen LogP contribution in [-0.4, -0.2) is 41.7 Å². The number of nitro groups is 1. The molecule has 0 aliphatic heterocycles. The first-order valence-electron chi connectivity index (χ1n) is 6.90. The maximum absolute atomic E-state index is 12.4. The highest BCUT2D eigenvalue weighted by Gasteiger charge is 2.46. The summed E-state index contributed by atoms with van der Waals surface area (Å²) in [5.41, 5.74) is -1.35. The number of carbonyl (C=O) groups is 2. The van der Waals surface area contributed by atoms with E-state index in [1.54, 1.807) is 6.08 Å². The molecule has 0 saturated carbocycles. The van der Waals surface area contributed by atoms with Gasteiger partial charge < -0.3 is 5.11 Å². The molecule has 0 aromatic rings. The van der Waals surface area contributed by atoms with Crippen molar-refractivity contribution in [3.63, 3.8) is 0 Å². The Kier molecular flexibility index (Phi) is 4.51. The maximum atomic E-state index is 12.4. The fourth-order valence-electron chi connectivity index (χ4n) is 2.84. The second-order valence-corrected chi connectivity index (χ2v) is 7.60. The van der Waals surface area contributed by atoms with Gasteiger partial charge in [-0.1, -0.05) is 6.08 Å². The lowest BCUT2D eigenvalue weighted by Crippen LogP contribution is -2.39. The lowest BCUT2D eigenvalue weighted by Gasteiger charge is -2.24. The van der Waals surface area contributed by atoms with E-state index >= 15 is 0 Å². The van der Waals surface area contributed by atoms with E-state index in [0.29, 0.717) is 18.4 Å². The third-order valence-corrected chi connectivity index (χ3v) is 5.14. The summed E-state index contributed by atoms with van der Waals surface area (Å²) in [6.45, 7) is 0. The molecule has 2 rings (SSSR count). The molecule has 9 heteroatoms. The van der Waals surface area contributed by atoms with Crippen molar-refractivity contribution >= 4 is 21.6 Å². The summed E-state index contributed by atoms with van der Waals surface area (Å²) in [6.07, 6.45) is 6.42. The standard InChI is InChI=1S/C14H15NO7S/c1-23(21,22)13-9(8-5-3-2-4-6-8)7-10(14(17)18)11(12(13)16)15(19)20/h5,7,13H,2-4,6H2,1H3,(H,17,18). The summed E-state index contributed by atoms with van der Waals surface area (Å²) in [5, 5.41) is 18.5. The average Bonchev–Trinajstić information content (AvgIpc) is 2.45. The van der Waals surface area contributed by atoms with Gasteiger partial charge in [0.15, 0.2) is 15.1 Å². The van der Waals surface area contributed by atoms with Crippen LogP contribution in [0.2, 0.25) is 0 Å². The Morgan fingerprint density at radius 3 is 2.48 bits per heavy atom. The van der Waals surface area contributed by atoms with E-state index in [-0.39, 0.29) is 5.57 Å². The average molecular weight is 341 g/mol. The molecule has 124 valence electrons. The van der Waals surface area contributed by atoms with E-state index in [1.165, 1.54) is 0 Å². The van der Waals surface area contributed by atoms with E-state index < -0.39 is 43.0 Å². The number of aliphatic carboxylic acids is 1. The van der Waals surface area contributed by atoms with Crippen molar-refractivity contribution in [1.29, 1.82) is 0 Å². The minimum absolute atomic E-state index is 0.0419. The van der Waals surface area contributed by atoms with Crippen LogP contribution >= 0.6 is 0 Å². The quantitative estimate of drug-likeness (QED) is 0.596. The topological polar surface area (TPSA) is 132 Å². The zero-order valence-electron chi connectivity index (χ0n) is 12.3. The van der Waals surface area contributed by atoms with Crippen LogP contribution in [0.25, 0.3) is 0 Å². The Labute approximate surface area is 132 Å². The van der Waals surface area contributed by atoms with Gasteiger partial charge >= 0.3 is 11.7 Å². The van der Waals surface area contributed by atoms with Gasteiger partial charge in [-0.2, -0.15) is 0 Å². The Morgan fingerprint density at radius 1 is 1.39 bits per heavy atom. The van der Waals surface area contributed by atoms with Crippen LogP contribution in [-0.2, 0) is 19.4 Å². The van der Waals surface area contributed by atoms with Gasteiger partial charge in [-0.25, -0.2) is 13.2 Å². The third-order valence-electron chi connectivity index (χ3n) is 3.81.